The third-order valence-corrected chi connectivity index (χ3v) is 14.7. The van der Waals surface area contributed by atoms with Crippen LogP contribution in [0, 0.1) is 0 Å². The van der Waals surface area contributed by atoms with Crippen LogP contribution in [0.4, 0.5) is 0 Å². The average Bonchev–Trinajstić information content (AvgIpc) is 3.77. The lowest BCUT2D eigenvalue weighted by atomic mass is 10.0. The number of hydrogen-bond donors (Lipinski definition) is 12. The second-order valence-electron chi connectivity index (χ2n) is 18.0. The highest BCUT2D eigenvalue weighted by atomic mass is 33.1. The molecule has 1 aliphatic heterocycles. The number of amides is 8. The fourth-order valence-electron chi connectivity index (χ4n) is 8.25. The van der Waals surface area contributed by atoms with E-state index in [-0.39, 0.29) is 43.7 Å². The van der Waals surface area contributed by atoms with Crippen molar-refractivity contribution >= 4 is 79.7 Å². The number of rotatable bonds is 17. The summed E-state index contributed by atoms with van der Waals surface area (Å²) in [4.78, 5) is 117. The monoisotopic (exact) mass is 1050 g/mol. The number of carbonyl (C=O) groups excluding carboxylic acids is 8. The molecule has 5 rings (SSSR count). The van der Waals surface area contributed by atoms with Gasteiger partial charge in [-0.3, -0.25) is 38.4 Å². The van der Waals surface area contributed by atoms with Gasteiger partial charge in [-0.1, -0.05) is 100 Å². The number of aromatic amines is 1. The summed E-state index contributed by atoms with van der Waals surface area (Å²) in [5, 5.41) is 38.3. The van der Waals surface area contributed by atoms with Gasteiger partial charge in [0, 0.05) is 48.5 Å². The molecule has 3 aromatic carbocycles. The van der Waals surface area contributed by atoms with E-state index in [1.807, 2.05) is 30.3 Å². The van der Waals surface area contributed by atoms with Gasteiger partial charge in [-0.25, -0.2) is 0 Å². The second kappa shape index (κ2) is 28.1. The van der Waals surface area contributed by atoms with Crippen molar-refractivity contribution in [2.45, 2.75) is 113 Å². The number of unbranched alkanes of at least 4 members (excludes halogenated alkanes) is 1. The molecule has 1 fully saturated rings. The summed E-state index contributed by atoms with van der Waals surface area (Å²) in [6, 6.07) is 13.8. The molecule has 10 atom stereocenters. The van der Waals surface area contributed by atoms with Crippen LogP contribution >= 0.6 is 21.6 Å². The van der Waals surface area contributed by atoms with E-state index in [1.165, 1.54) is 20.9 Å². The maximum absolute atomic E-state index is 14.8. The highest BCUT2D eigenvalue weighted by molar-refractivity contribution is 8.76. The van der Waals surface area contributed by atoms with E-state index in [9.17, 15) is 48.6 Å². The van der Waals surface area contributed by atoms with Crippen LogP contribution in [-0.4, -0.2) is 153 Å². The van der Waals surface area contributed by atoms with E-state index in [2.05, 4.69) is 36.9 Å². The van der Waals surface area contributed by atoms with Gasteiger partial charge in [0.15, 0.2) is 0 Å². The van der Waals surface area contributed by atoms with Crippen molar-refractivity contribution in [3.8, 4) is 0 Å². The van der Waals surface area contributed by atoms with Crippen LogP contribution in [0.3, 0.4) is 0 Å². The van der Waals surface area contributed by atoms with E-state index in [0.29, 0.717) is 24.0 Å². The third-order valence-electron chi connectivity index (χ3n) is 12.2. The Balaban J connectivity index is 1.59. The first-order valence-corrected chi connectivity index (χ1v) is 26.4. The fraction of sp³-hybridized carbons (Fsp3) is 0.440. The van der Waals surface area contributed by atoms with E-state index in [1.54, 1.807) is 60.8 Å². The summed E-state index contributed by atoms with van der Waals surface area (Å²) in [7, 11) is 3.19. The minimum Gasteiger partial charge on any atom is -0.391 e. The molecular formula is C50H67N11O10S2. The van der Waals surface area contributed by atoms with Crippen molar-refractivity contribution < 1.29 is 48.6 Å². The zero-order valence-electron chi connectivity index (χ0n) is 41.0. The highest BCUT2D eigenvalue weighted by Gasteiger charge is 2.38. The number of benzene rings is 3. The minimum atomic E-state index is -1.71. The zero-order valence-corrected chi connectivity index (χ0v) is 42.6. The second-order valence-corrected chi connectivity index (χ2v) is 20.5. The number of aliphatic hydroxyl groups excluding tert-OH is 2. The van der Waals surface area contributed by atoms with E-state index in [4.69, 9.17) is 17.2 Å². The lowest BCUT2D eigenvalue weighted by Gasteiger charge is -2.32. The van der Waals surface area contributed by atoms with Gasteiger partial charge in [0.1, 0.15) is 42.3 Å². The standard InChI is InChI=1S/C50H67N11O10S2/c1-28(62)41-49(70)59-40(50(71)61(3)42(29(2)63)43(53)64)27-73-72-26-39(58-44(65)34(52)22-30-14-6-4-7-15-30)48(69)56-37(23-31-16-8-5-9-17-31)46(67)57-38(24-32-25-54-35-19-11-10-18-33(32)35)47(68)55-36(45(66)60-41)20-12-13-21-51/h4-11,14-19,25,28-29,34,36-42,54,62-63H,12-13,20-24,26-27,51-52H2,1-3H3,(H2,53,64)(H,55,68)(H,56,69)(H,57,67)(H,58,65)(H,59,70)(H,60,66)/t28-,29-,34-,36+,37+,38+,39-,40+,41+,42+/m1/s1. The first kappa shape index (κ1) is 57.4. The quantitative estimate of drug-likeness (QED) is 0.0448. The van der Waals surface area contributed by atoms with Gasteiger partial charge >= 0.3 is 0 Å². The van der Waals surface area contributed by atoms with Gasteiger partial charge in [0.2, 0.25) is 47.3 Å². The number of para-hydroxylation sites is 1. The Kier molecular flexibility index (Phi) is 22.1. The number of nitrogens with two attached hydrogens (primary N) is 3. The summed E-state index contributed by atoms with van der Waals surface area (Å²) in [6.07, 6.45) is -0.537. The molecule has 1 saturated heterocycles. The van der Waals surface area contributed by atoms with Gasteiger partial charge in [0.05, 0.1) is 18.2 Å². The van der Waals surface area contributed by atoms with E-state index in [0.717, 1.165) is 43.0 Å². The summed E-state index contributed by atoms with van der Waals surface area (Å²) in [5.74, 6) is -7.35. The molecule has 1 aliphatic rings. The molecule has 21 nitrogen and oxygen atoms in total. The van der Waals surface area contributed by atoms with Crippen molar-refractivity contribution in [2.24, 2.45) is 17.2 Å². The number of aromatic nitrogens is 1. The number of H-pyrrole nitrogens is 1. The smallest absolute Gasteiger partial charge is 0.246 e. The molecule has 0 aliphatic carbocycles. The Morgan fingerprint density at radius 2 is 1.30 bits per heavy atom. The van der Waals surface area contributed by atoms with Gasteiger partial charge in [-0.2, -0.15) is 0 Å². The molecule has 8 amide bonds. The van der Waals surface area contributed by atoms with Crippen LogP contribution in [-0.2, 0) is 57.6 Å². The molecular weight excluding hydrogens is 979 g/mol. The average molecular weight is 1050 g/mol. The van der Waals surface area contributed by atoms with Crippen molar-refractivity contribution in [2.75, 3.05) is 25.1 Å². The molecule has 0 spiro atoms. The van der Waals surface area contributed by atoms with Gasteiger partial charge in [0.25, 0.3) is 0 Å². The molecule has 0 bridgehead atoms. The van der Waals surface area contributed by atoms with Crippen molar-refractivity contribution in [1.82, 2.24) is 41.8 Å². The fourth-order valence-corrected chi connectivity index (χ4v) is 10.6. The van der Waals surface area contributed by atoms with Crippen molar-refractivity contribution in [3.05, 3.63) is 108 Å². The highest BCUT2D eigenvalue weighted by Crippen LogP contribution is 2.25. The number of carbonyl (C=O) groups is 8. The third kappa shape index (κ3) is 16.8. The number of aliphatic hydroxyl groups is 2. The summed E-state index contributed by atoms with van der Waals surface area (Å²) in [6.45, 7) is 2.74. The Bertz CT molecular complexity index is 2520. The lowest BCUT2D eigenvalue weighted by molar-refractivity contribution is -0.144. The first-order valence-electron chi connectivity index (χ1n) is 24.0. The normalized spacial score (nSPS) is 22.5. The Morgan fingerprint density at radius 1 is 0.726 bits per heavy atom. The number of nitrogens with zero attached hydrogens (tertiary/aromatic N) is 1. The molecule has 0 unspecified atom stereocenters. The van der Waals surface area contributed by atoms with Crippen LogP contribution in [0.15, 0.2) is 91.1 Å². The molecule has 2 heterocycles. The number of fused-ring (bicyclic) bond motifs is 1. The first-order chi connectivity index (χ1) is 34.9. The van der Waals surface area contributed by atoms with Crippen molar-refractivity contribution in [3.63, 3.8) is 0 Å². The number of likely N-dealkylation sites (N-methyl/N-ethyl adjacent to an activating group) is 1. The SMILES string of the molecule is C[C@@H](O)[C@@H]1NC(=O)[C@H](CCCCN)NC(=O)[C@H](Cc2c[nH]c3ccccc23)NC(=O)[C@H](Cc2ccccc2)NC(=O)[C@H](NC(=O)[C@H](N)Cc2ccccc2)CSSC[C@@H](C(=O)N(C)[C@H](C(N)=O)[C@@H](C)O)NC1=O. The van der Waals surface area contributed by atoms with E-state index < -0.39 is 108 Å². The zero-order chi connectivity index (χ0) is 53.2. The molecule has 4 aromatic rings. The van der Waals surface area contributed by atoms with Gasteiger partial charge < -0.3 is 69.2 Å². The van der Waals surface area contributed by atoms with Crippen molar-refractivity contribution in [1.29, 1.82) is 0 Å². The number of nitrogens with one attached hydrogen (secondary N) is 7. The molecule has 0 radical (unpaired) electrons. The predicted molar refractivity (Wildman–Crippen MR) is 279 cm³/mol. The van der Waals surface area contributed by atoms with Crippen LogP contribution in [0.2, 0.25) is 0 Å². The molecule has 73 heavy (non-hydrogen) atoms. The van der Waals surface area contributed by atoms with Gasteiger partial charge in [-0.15, -0.1) is 0 Å². The minimum absolute atomic E-state index is 0.0130. The molecule has 1 aromatic heterocycles. The Morgan fingerprint density at radius 3 is 1.93 bits per heavy atom. The van der Waals surface area contributed by atoms with Crippen LogP contribution in [0.1, 0.15) is 49.8 Å². The van der Waals surface area contributed by atoms with Crippen LogP contribution in [0.25, 0.3) is 10.9 Å². The molecule has 0 saturated carbocycles. The topological polar surface area (TPSA) is 346 Å². The number of hydrogen-bond acceptors (Lipinski definition) is 14. The molecule has 394 valence electrons. The van der Waals surface area contributed by atoms with Crippen LogP contribution in [0.5, 0.6) is 0 Å². The van der Waals surface area contributed by atoms with E-state index >= 15 is 0 Å². The lowest BCUT2D eigenvalue weighted by Crippen LogP contribution is -2.63. The maximum Gasteiger partial charge on any atom is 0.246 e. The molecule has 15 N–H and O–H groups in total. The van der Waals surface area contributed by atoms with Crippen LogP contribution < -0.4 is 49.1 Å². The maximum atomic E-state index is 14.8. The molecule has 23 heteroatoms. The summed E-state index contributed by atoms with van der Waals surface area (Å²) >= 11 is 0. The van der Waals surface area contributed by atoms with Gasteiger partial charge in [-0.05, 0) is 68.8 Å². The summed E-state index contributed by atoms with van der Waals surface area (Å²) in [5.41, 5.74) is 20.5. The Hall–Kier alpha value is -6.50. The largest absolute Gasteiger partial charge is 0.391 e. The number of primary amides is 1. The predicted octanol–water partition coefficient (Wildman–Crippen LogP) is -0.970. The summed E-state index contributed by atoms with van der Waals surface area (Å²) < 4.78 is 0. The Labute approximate surface area is 431 Å².